The van der Waals surface area contributed by atoms with Crippen molar-refractivity contribution in [3.05, 3.63) is 142 Å². The molecule has 7 rings (SSSR count). The third-order valence-electron chi connectivity index (χ3n) is 12.5. The summed E-state index contributed by atoms with van der Waals surface area (Å²) in [6, 6.07) is 12.8. The molecule has 2 N–H and O–H groups in total. The van der Waals surface area contributed by atoms with Crippen molar-refractivity contribution < 1.29 is 126 Å². The van der Waals surface area contributed by atoms with E-state index in [1.54, 1.807) is 0 Å². The number of benzene rings is 5. The lowest BCUT2D eigenvalue weighted by atomic mass is 9.79. The Hall–Kier alpha value is -5.71. The second kappa shape index (κ2) is 18.7. The van der Waals surface area contributed by atoms with Crippen LogP contribution in [0, 0.1) is 0 Å². The van der Waals surface area contributed by atoms with E-state index in [0.717, 1.165) is 67.8 Å². The van der Waals surface area contributed by atoms with Crippen molar-refractivity contribution in [2.24, 2.45) is 0 Å². The van der Waals surface area contributed by atoms with Gasteiger partial charge in [0.05, 0.1) is 24.0 Å². The van der Waals surface area contributed by atoms with Gasteiger partial charge in [-0.2, -0.15) is 108 Å². The van der Waals surface area contributed by atoms with Crippen LogP contribution in [0.3, 0.4) is 0 Å². The van der Waals surface area contributed by atoms with E-state index in [1.165, 1.54) is 12.1 Å². The fourth-order valence-electron chi connectivity index (χ4n) is 8.80. The zero-order chi connectivity index (χ0) is 59.0. The summed E-state index contributed by atoms with van der Waals surface area (Å²) >= 11 is 0. The van der Waals surface area contributed by atoms with Gasteiger partial charge in [-0.15, -0.1) is 0 Å². The Bertz CT molecular complexity index is 3790. The molecule has 2 aliphatic carbocycles. The van der Waals surface area contributed by atoms with Gasteiger partial charge in [0.25, 0.3) is 40.5 Å². The Morgan fingerprint density at radius 2 is 0.808 bits per heavy atom. The van der Waals surface area contributed by atoms with Gasteiger partial charge in [-0.3, -0.25) is 17.5 Å². The van der Waals surface area contributed by atoms with Crippen molar-refractivity contribution in [3.8, 4) is 22.3 Å². The smallest absolute Gasteiger partial charge is 0.285 e. The lowest BCUT2D eigenvalue weighted by Gasteiger charge is -2.42. The molecule has 0 spiro atoms. The third kappa shape index (κ3) is 9.42. The molecule has 0 bridgehead atoms. The Labute approximate surface area is 428 Å². The van der Waals surface area contributed by atoms with Crippen LogP contribution >= 0.6 is 0 Å². The highest BCUT2D eigenvalue weighted by atomic mass is 32.2. The summed E-state index contributed by atoms with van der Waals surface area (Å²) in [6.45, 7) is 0. The average molecular weight is 1210 g/mol. The van der Waals surface area contributed by atoms with Crippen molar-refractivity contribution >= 4 is 51.6 Å². The minimum absolute atomic E-state index is 0.00145. The van der Waals surface area contributed by atoms with Crippen LogP contribution in [0.5, 0.6) is 0 Å². The third-order valence-corrected chi connectivity index (χ3v) is 16.4. The number of alkyl halides is 17. The van der Waals surface area contributed by atoms with E-state index in [2.05, 4.69) is 8.37 Å². The Kier molecular flexibility index (Phi) is 14.4. The summed E-state index contributed by atoms with van der Waals surface area (Å²) in [7, 11) is -17.9. The van der Waals surface area contributed by atoms with Crippen LogP contribution in [-0.4, -0.2) is 98.7 Å². The molecular weight excluding hydrogens is 1180 g/mol. The van der Waals surface area contributed by atoms with Gasteiger partial charge < -0.3 is 0 Å². The van der Waals surface area contributed by atoms with Crippen LogP contribution in [0.15, 0.2) is 107 Å². The first kappa shape index (κ1) is 59.9. The van der Waals surface area contributed by atoms with Crippen molar-refractivity contribution in [2.75, 3.05) is 14.2 Å². The first-order valence-electron chi connectivity index (χ1n) is 20.9. The summed E-state index contributed by atoms with van der Waals surface area (Å²) in [5.41, 5.74) is -5.53. The predicted octanol–water partition coefficient (Wildman–Crippen LogP) is 11.4. The second-order valence-electron chi connectivity index (χ2n) is 17.3. The van der Waals surface area contributed by atoms with E-state index < -0.39 is 132 Å². The maximum Gasteiger partial charge on any atom is 0.460 e. The molecule has 0 saturated carbocycles. The molecule has 5 aromatic carbocycles. The number of rotatable bonds is 17. The standard InChI is InChI=1S/C45H29F17O12S4/c1-73-77(69,70)25-9-13-29-27-11-3-21(19-75(63,64)65)15-31(27)36(33(29)17-25)35(37-32-16-22(20-76(66,67)68)4-12-28(32)30-14-10-26(18-34(30)37)78(71,72)74-2)23-5-7-24(8-6-23)38(46,47)39(48,49)40(50,51)41(52,53)42(54,55)43(56,57)44(58,59)45(60,61)62/h3-18,36H,19-20H2,1-2H3,(H,63,64,65)(H,66,67,68)/b37-35+. The Balaban J connectivity index is 1.58. The number of fused-ring (bicyclic) bond motifs is 6. The van der Waals surface area contributed by atoms with Crippen LogP contribution in [0.4, 0.5) is 74.6 Å². The molecule has 1 unspecified atom stereocenters. The van der Waals surface area contributed by atoms with Crippen LogP contribution in [-0.2, 0) is 66.3 Å². The molecule has 0 radical (unpaired) electrons. The van der Waals surface area contributed by atoms with Gasteiger partial charge in [0.15, 0.2) is 0 Å². The normalized spacial score (nSPS) is 16.7. The molecule has 0 saturated heterocycles. The van der Waals surface area contributed by atoms with Gasteiger partial charge in [0.2, 0.25) is 0 Å². The topological polar surface area (TPSA) is 195 Å². The van der Waals surface area contributed by atoms with Gasteiger partial charge in [-0.25, -0.2) is 0 Å². The van der Waals surface area contributed by atoms with Gasteiger partial charge in [0, 0.05) is 11.5 Å². The quantitative estimate of drug-likeness (QED) is 0.0499. The second-order valence-corrected chi connectivity index (χ2v) is 23.6. The molecule has 1 atom stereocenters. The lowest BCUT2D eigenvalue weighted by Crippen LogP contribution is -2.74. The van der Waals surface area contributed by atoms with Gasteiger partial charge in [0.1, 0.15) is 11.5 Å². The highest BCUT2D eigenvalue weighted by Crippen LogP contribution is 2.66. The molecule has 5 aromatic rings. The van der Waals surface area contributed by atoms with Crippen molar-refractivity contribution in [1.29, 1.82) is 0 Å². The van der Waals surface area contributed by atoms with E-state index in [-0.39, 0.29) is 85.5 Å². The molecule has 0 heterocycles. The largest absolute Gasteiger partial charge is 0.460 e. The molecule has 0 amide bonds. The monoisotopic (exact) mass is 1210 g/mol. The maximum absolute atomic E-state index is 15.9. The summed E-state index contributed by atoms with van der Waals surface area (Å²) in [6.07, 6.45) is -7.97. The van der Waals surface area contributed by atoms with E-state index in [1.807, 2.05) is 0 Å². The summed E-state index contributed by atoms with van der Waals surface area (Å²) in [5, 5.41) is 0. The first-order valence-corrected chi connectivity index (χ1v) is 26.9. The van der Waals surface area contributed by atoms with Crippen molar-refractivity contribution in [1.82, 2.24) is 0 Å². The summed E-state index contributed by atoms with van der Waals surface area (Å²) in [5.74, 6) is -63.0. The Morgan fingerprint density at radius 3 is 1.26 bits per heavy atom. The highest BCUT2D eigenvalue weighted by molar-refractivity contribution is 7.87. The predicted molar refractivity (Wildman–Crippen MR) is 236 cm³/mol. The minimum Gasteiger partial charge on any atom is -0.285 e. The van der Waals surface area contributed by atoms with Crippen molar-refractivity contribution in [2.45, 2.75) is 74.8 Å². The molecule has 424 valence electrons. The van der Waals surface area contributed by atoms with E-state index in [9.17, 15) is 91.1 Å². The molecule has 0 fully saturated rings. The Morgan fingerprint density at radius 1 is 0.436 bits per heavy atom. The summed E-state index contributed by atoms with van der Waals surface area (Å²) < 4.78 is 375. The van der Waals surface area contributed by atoms with E-state index in [0.29, 0.717) is 7.11 Å². The number of halogens is 17. The molecule has 33 heteroatoms. The fourth-order valence-corrected chi connectivity index (χ4v) is 11.4. The number of hydrogen-bond donors (Lipinski definition) is 2. The molecule has 78 heavy (non-hydrogen) atoms. The van der Waals surface area contributed by atoms with Gasteiger partial charge in [-0.05, 0) is 103 Å². The highest BCUT2D eigenvalue weighted by Gasteiger charge is 2.95. The number of hydrogen-bond acceptors (Lipinski definition) is 10. The molecule has 2 aliphatic rings. The average Bonchev–Trinajstić information content (AvgIpc) is 3.99. The molecule has 0 aliphatic heterocycles. The minimum atomic E-state index is -8.91. The molecular formula is C45H29F17O12S4. The zero-order valence-electron chi connectivity index (χ0n) is 38.3. The van der Waals surface area contributed by atoms with E-state index >= 15 is 26.3 Å². The van der Waals surface area contributed by atoms with Gasteiger partial charge in [-0.1, -0.05) is 66.7 Å². The number of allylic oxidation sites excluding steroid dienone is 1. The van der Waals surface area contributed by atoms with Gasteiger partial charge >= 0.3 is 47.6 Å². The molecule has 12 nitrogen and oxygen atoms in total. The zero-order valence-corrected chi connectivity index (χ0v) is 41.5. The van der Waals surface area contributed by atoms with Crippen LogP contribution in [0.2, 0.25) is 0 Å². The lowest BCUT2D eigenvalue weighted by molar-refractivity contribution is -0.462. The SMILES string of the molecule is COS(=O)(=O)c1ccc2c(c1)/C(=C(\c1ccc(C(F)(F)C(F)(F)C(F)(F)C(F)(F)C(F)(F)C(F)(F)C(F)(F)C(F)(F)F)cc1)C1c3cc(CS(=O)(=O)O)ccc3-c3ccc(S(=O)(=O)OC)cc31)c1cc(CS(=O)(=O)O)ccc1-2. The van der Waals surface area contributed by atoms with Crippen molar-refractivity contribution in [3.63, 3.8) is 0 Å². The molecule has 0 aromatic heterocycles. The summed E-state index contributed by atoms with van der Waals surface area (Å²) in [4.78, 5) is -1.34. The fraction of sp³-hybridized carbons (Fsp3) is 0.289. The van der Waals surface area contributed by atoms with Crippen LogP contribution in [0.1, 0.15) is 50.4 Å². The van der Waals surface area contributed by atoms with E-state index in [4.69, 9.17) is 0 Å². The van der Waals surface area contributed by atoms with Crippen LogP contribution in [0.25, 0.3) is 33.4 Å². The first-order chi connectivity index (χ1) is 35.3. The van der Waals surface area contributed by atoms with Crippen LogP contribution < -0.4 is 0 Å². The maximum atomic E-state index is 15.9.